The van der Waals surface area contributed by atoms with E-state index in [-0.39, 0.29) is 4.90 Å². The zero-order valence-corrected chi connectivity index (χ0v) is 12.7. The molecule has 0 saturated heterocycles. The SMILES string of the molecule is COC(=O)C1(S(=O)(=O)c2ccc(C)cc2)CCCCC1. The number of carbonyl (C=O) groups excluding carboxylic acids is 1. The fourth-order valence-corrected chi connectivity index (χ4v) is 4.91. The normalized spacial score (nSPS) is 18.5. The molecule has 0 unspecified atom stereocenters. The molecule has 0 N–H and O–H groups in total. The monoisotopic (exact) mass is 296 g/mol. The first kappa shape index (κ1) is 15.0. The Morgan fingerprint density at radius 2 is 1.65 bits per heavy atom. The van der Waals surface area contributed by atoms with E-state index < -0.39 is 20.6 Å². The van der Waals surface area contributed by atoms with Gasteiger partial charge in [0.1, 0.15) is 0 Å². The summed E-state index contributed by atoms with van der Waals surface area (Å²) < 4.78 is 29.2. The van der Waals surface area contributed by atoms with Crippen LogP contribution in [0, 0.1) is 6.92 Å². The Kier molecular flexibility index (Phi) is 4.18. The molecule has 1 saturated carbocycles. The lowest BCUT2D eigenvalue weighted by molar-refractivity contribution is -0.144. The number of aryl methyl sites for hydroxylation is 1. The summed E-state index contributed by atoms with van der Waals surface area (Å²) in [6.45, 7) is 1.90. The Bertz CT molecular complexity index is 581. The molecular weight excluding hydrogens is 276 g/mol. The number of esters is 1. The molecule has 0 amide bonds. The number of methoxy groups -OCH3 is 1. The molecule has 1 aromatic rings. The summed E-state index contributed by atoms with van der Waals surface area (Å²) >= 11 is 0. The van der Waals surface area contributed by atoms with E-state index in [4.69, 9.17) is 4.74 Å². The van der Waals surface area contributed by atoms with Crippen LogP contribution >= 0.6 is 0 Å². The summed E-state index contributed by atoms with van der Waals surface area (Å²) in [5.41, 5.74) is 0.986. The fourth-order valence-electron chi connectivity index (χ4n) is 2.83. The van der Waals surface area contributed by atoms with Gasteiger partial charge >= 0.3 is 5.97 Å². The Balaban J connectivity index is 2.52. The first-order valence-electron chi connectivity index (χ1n) is 6.84. The number of rotatable bonds is 3. The summed E-state index contributed by atoms with van der Waals surface area (Å²) in [4.78, 5) is 12.4. The Hall–Kier alpha value is -1.36. The van der Waals surface area contributed by atoms with Crippen molar-refractivity contribution in [3.63, 3.8) is 0 Å². The molecule has 5 heteroatoms. The van der Waals surface area contributed by atoms with E-state index in [0.29, 0.717) is 12.8 Å². The standard InChI is InChI=1S/C15H20O4S/c1-12-6-8-13(9-7-12)20(17,18)15(14(16)19-2)10-4-3-5-11-15/h6-9H,3-5,10-11H2,1-2H3. The number of carbonyl (C=O) groups is 1. The predicted molar refractivity (Wildman–Crippen MR) is 76.2 cm³/mol. The van der Waals surface area contributed by atoms with E-state index in [1.165, 1.54) is 7.11 Å². The van der Waals surface area contributed by atoms with Crippen LogP contribution in [0.5, 0.6) is 0 Å². The van der Waals surface area contributed by atoms with Crippen LogP contribution in [0.2, 0.25) is 0 Å². The van der Waals surface area contributed by atoms with E-state index in [2.05, 4.69) is 0 Å². The third-order valence-corrected chi connectivity index (χ3v) is 6.56. The summed E-state index contributed by atoms with van der Waals surface area (Å²) in [6.07, 6.45) is 3.12. The molecule has 2 rings (SSSR count). The highest BCUT2D eigenvalue weighted by Gasteiger charge is 2.52. The fraction of sp³-hybridized carbons (Fsp3) is 0.533. The quantitative estimate of drug-likeness (QED) is 0.805. The van der Waals surface area contributed by atoms with Gasteiger partial charge in [0, 0.05) is 0 Å². The predicted octanol–water partition coefficient (Wildman–Crippen LogP) is 2.64. The van der Waals surface area contributed by atoms with Gasteiger partial charge in [-0.15, -0.1) is 0 Å². The lowest BCUT2D eigenvalue weighted by Crippen LogP contribution is -2.48. The van der Waals surface area contributed by atoms with Gasteiger partial charge in [0.15, 0.2) is 14.6 Å². The van der Waals surface area contributed by atoms with Gasteiger partial charge in [-0.1, -0.05) is 37.0 Å². The van der Waals surface area contributed by atoms with Gasteiger partial charge in [-0.25, -0.2) is 8.42 Å². The van der Waals surface area contributed by atoms with Gasteiger partial charge in [-0.2, -0.15) is 0 Å². The van der Waals surface area contributed by atoms with Crippen molar-refractivity contribution in [3.8, 4) is 0 Å². The number of hydrogen-bond acceptors (Lipinski definition) is 4. The van der Waals surface area contributed by atoms with Crippen molar-refractivity contribution < 1.29 is 17.9 Å². The zero-order chi connectivity index (χ0) is 14.8. The Morgan fingerprint density at radius 3 is 2.15 bits per heavy atom. The second-order valence-electron chi connectivity index (χ2n) is 5.36. The topological polar surface area (TPSA) is 60.4 Å². The van der Waals surface area contributed by atoms with Crippen LogP contribution in [-0.2, 0) is 19.4 Å². The lowest BCUT2D eigenvalue weighted by Gasteiger charge is -2.33. The molecular formula is C15H20O4S. The summed E-state index contributed by atoms with van der Waals surface area (Å²) in [7, 11) is -2.47. The van der Waals surface area contributed by atoms with Gasteiger partial charge in [0.25, 0.3) is 0 Å². The molecule has 0 bridgehead atoms. The maximum Gasteiger partial charge on any atom is 0.327 e. The van der Waals surface area contributed by atoms with E-state index in [1.54, 1.807) is 24.3 Å². The average molecular weight is 296 g/mol. The first-order chi connectivity index (χ1) is 9.44. The molecule has 1 fully saturated rings. The molecule has 1 aliphatic carbocycles. The molecule has 110 valence electrons. The van der Waals surface area contributed by atoms with Crippen molar-refractivity contribution in [2.75, 3.05) is 7.11 Å². The number of hydrogen-bond donors (Lipinski definition) is 0. The highest BCUT2D eigenvalue weighted by Crippen LogP contribution is 2.40. The maximum atomic E-state index is 12.9. The summed E-state index contributed by atoms with van der Waals surface area (Å²) in [6, 6.07) is 6.65. The van der Waals surface area contributed by atoms with Crippen molar-refractivity contribution in [2.24, 2.45) is 0 Å². The molecule has 0 aliphatic heterocycles. The van der Waals surface area contributed by atoms with Crippen molar-refractivity contribution >= 4 is 15.8 Å². The minimum atomic E-state index is -3.73. The number of ether oxygens (including phenoxy) is 1. The molecule has 1 aliphatic rings. The Morgan fingerprint density at radius 1 is 1.10 bits per heavy atom. The van der Waals surface area contributed by atoms with Gasteiger partial charge in [0.05, 0.1) is 12.0 Å². The molecule has 4 nitrogen and oxygen atoms in total. The zero-order valence-electron chi connectivity index (χ0n) is 11.9. The van der Waals surface area contributed by atoms with Gasteiger partial charge < -0.3 is 4.74 Å². The van der Waals surface area contributed by atoms with Crippen molar-refractivity contribution in [2.45, 2.75) is 48.7 Å². The molecule has 1 aromatic carbocycles. The van der Waals surface area contributed by atoms with Gasteiger partial charge in [0.2, 0.25) is 0 Å². The van der Waals surface area contributed by atoms with Crippen LogP contribution in [0.4, 0.5) is 0 Å². The van der Waals surface area contributed by atoms with Crippen LogP contribution in [0.15, 0.2) is 29.2 Å². The van der Waals surface area contributed by atoms with E-state index in [9.17, 15) is 13.2 Å². The number of sulfone groups is 1. The largest absolute Gasteiger partial charge is 0.468 e. The van der Waals surface area contributed by atoms with Gasteiger partial charge in [-0.05, 0) is 31.9 Å². The third-order valence-electron chi connectivity index (χ3n) is 4.06. The van der Waals surface area contributed by atoms with Crippen LogP contribution in [0.3, 0.4) is 0 Å². The van der Waals surface area contributed by atoms with E-state index in [1.807, 2.05) is 6.92 Å². The second kappa shape index (κ2) is 5.56. The van der Waals surface area contributed by atoms with Gasteiger partial charge in [-0.3, -0.25) is 4.79 Å². The third kappa shape index (κ3) is 2.35. The highest BCUT2D eigenvalue weighted by molar-refractivity contribution is 7.93. The maximum absolute atomic E-state index is 12.9. The molecule has 20 heavy (non-hydrogen) atoms. The summed E-state index contributed by atoms with van der Waals surface area (Å²) in [5, 5.41) is 0. The van der Waals surface area contributed by atoms with Crippen LogP contribution in [0.25, 0.3) is 0 Å². The molecule has 0 heterocycles. The van der Waals surface area contributed by atoms with Crippen LogP contribution < -0.4 is 0 Å². The minimum Gasteiger partial charge on any atom is -0.468 e. The number of benzene rings is 1. The minimum absolute atomic E-state index is 0.204. The Labute approximate surface area is 120 Å². The highest BCUT2D eigenvalue weighted by atomic mass is 32.2. The lowest BCUT2D eigenvalue weighted by atomic mass is 9.88. The van der Waals surface area contributed by atoms with E-state index in [0.717, 1.165) is 24.8 Å². The van der Waals surface area contributed by atoms with Crippen LogP contribution in [-0.4, -0.2) is 26.2 Å². The first-order valence-corrected chi connectivity index (χ1v) is 8.32. The molecule has 0 radical (unpaired) electrons. The van der Waals surface area contributed by atoms with E-state index >= 15 is 0 Å². The van der Waals surface area contributed by atoms with Crippen molar-refractivity contribution in [3.05, 3.63) is 29.8 Å². The molecule has 0 spiro atoms. The van der Waals surface area contributed by atoms with Crippen molar-refractivity contribution in [1.29, 1.82) is 0 Å². The molecule has 0 atom stereocenters. The summed E-state index contributed by atoms with van der Waals surface area (Å²) in [5.74, 6) is -0.627. The smallest absolute Gasteiger partial charge is 0.327 e. The average Bonchev–Trinajstić information content (AvgIpc) is 2.47. The molecule has 0 aromatic heterocycles. The second-order valence-corrected chi connectivity index (χ2v) is 7.62. The van der Waals surface area contributed by atoms with Crippen LogP contribution in [0.1, 0.15) is 37.7 Å². The van der Waals surface area contributed by atoms with Crippen molar-refractivity contribution in [1.82, 2.24) is 0 Å².